The summed E-state index contributed by atoms with van der Waals surface area (Å²) in [4.78, 5) is 26.0. The molecule has 2 heterocycles. The van der Waals surface area contributed by atoms with E-state index in [1.165, 1.54) is 17.5 Å². The minimum Gasteiger partial charge on any atom is -0.476 e. The fourth-order valence-corrected chi connectivity index (χ4v) is 2.79. The predicted molar refractivity (Wildman–Crippen MR) is 78.6 cm³/mol. The van der Waals surface area contributed by atoms with E-state index in [1.54, 1.807) is 24.3 Å². The molecule has 0 radical (unpaired) electrons. The molecule has 3 rings (SSSR count). The van der Waals surface area contributed by atoms with E-state index >= 15 is 0 Å². The number of aromatic nitrogens is 2. The molecule has 1 aliphatic rings. The van der Waals surface area contributed by atoms with Crippen molar-refractivity contribution in [3.05, 3.63) is 40.3 Å². The third kappa shape index (κ3) is 2.67. The zero-order valence-electron chi connectivity index (χ0n) is 11.7. The van der Waals surface area contributed by atoms with Gasteiger partial charge in [-0.15, -0.1) is 0 Å². The van der Waals surface area contributed by atoms with Crippen molar-refractivity contribution in [2.75, 3.05) is 19.6 Å². The third-order valence-corrected chi connectivity index (χ3v) is 3.90. The number of benzene rings is 1. The van der Waals surface area contributed by atoms with Crippen LogP contribution < -0.4 is 5.56 Å². The smallest absolute Gasteiger partial charge is 0.357 e. The lowest BCUT2D eigenvalue weighted by Crippen LogP contribution is -2.32. The molecule has 2 aromatic rings. The van der Waals surface area contributed by atoms with Crippen molar-refractivity contribution in [1.82, 2.24) is 14.7 Å². The van der Waals surface area contributed by atoms with E-state index in [2.05, 4.69) is 10.00 Å². The van der Waals surface area contributed by atoms with E-state index in [0.717, 1.165) is 19.6 Å². The van der Waals surface area contributed by atoms with Crippen molar-refractivity contribution in [2.24, 2.45) is 0 Å². The Morgan fingerprint density at radius 3 is 2.48 bits per heavy atom. The largest absolute Gasteiger partial charge is 0.476 e. The highest BCUT2D eigenvalue weighted by Crippen LogP contribution is 2.13. The third-order valence-electron chi connectivity index (χ3n) is 3.90. The number of nitrogens with zero attached hydrogens (tertiary/aromatic N) is 3. The van der Waals surface area contributed by atoms with Gasteiger partial charge in [0.05, 0.1) is 11.9 Å². The number of carboxylic acid groups (broad SMARTS) is 1. The molecular weight excluding hydrogens is 270 g/mol. The Morgan fingerprint density at radius 2 is 1.81 bits per heavy atom. The summed E-state index contributed by atoms with van der Waals surface area (Å²) in [6.07, 6.45) is 2.36. The Kier molecular flexibility index (Phi) is 3.70. The van der Waals surface area contributed by atoms with Gasteiger partial charge in [-0.05, 0) is 32.0 Å². The first-order valence-electron chi connectivity index (χ1n) is 7.12. The maximum atomic E-state index is 12.4. The summed E-state index contributed by atoms with van der Waals surface area (Å²) in [7, 11) is 0. The van der Waals surface area contributed by atoms with Crippen LogP contribution in [0.2, 0.25) is 0 Å². The number of carbonyl (C=O) groups is 1. The number of rotatable bonds is 4. The molecular formula is C15H17N3O3. The predicted octanol–water partition coefficient (Wildman–Crippen LogP) is 1.19. The highest BCUT2D eigenvalue weighted by Gasteiger charge is 2.17. The first kappa shape index (κ1) is 13.8. The van der Waals surface area contributed by atoms with E-state index in [1.807, 2.05) is 0 Å². The number of likely N-dealkylation sites (tertiary alicyclic amines) is 1. The van der Waals surface area contributed by atoms with Crippen LogP contribution in [0.25, 0.3) is 10.8 Å². The van der Waals surface area contributed by atoms with Gasteiger partial charge in [-0.3, -0.25) is 4.79 Å². The molecule has 0 bridgehead atoms. The van der Waals surface area contributed by atoms with Gasteiger partial charge in [0, 0.05) is 11.9 Å². The summed E-state index contributed by atoms with van der Waals surface area (Å²) in [5, 5.41) is 14.1. The molecule has 21 heavy (non-hydrogen) atoms. The quantitative estimate of drug-likeness (QED) is 0.914. The standard InChI is InChI=1S/C15H17N3O3/c19-14-12-6-2-1-5-11(12)13(15(20)21)16-18(14)10-9-17-7-3-4-8-17/h1-2,5-6H,3-4,7-10H2,(H,20,21). The summed E-state index contributed by atoms with van der Waals surface area (Å²) in [5.41, 5.74) is -0.290. The molecule has 1 fully saturated rings. The Bertz CT molecular complexity index is 733. The lowest BCUT2D eigenvalue weighted by atomic mass is 10.1. The molecule has 0 amide bonds. The van der Waals surface area contributed by atoms with E-state index in [9.17, 15) is 14.7 Å². The minimum absolute atomic E-state index is 0.0633. The van der Waals surface area contributed by atoms with Crippen LogP contribution in [0.5, 0.6) is 0 Å². The monoisotopic (exact) mass is 287 g/mol. The number of aromatic carboxylic acids is 1. The molecule has 0 unspecified atom stereocenters. The molecule has 6 nitrogen and oxygen atoms in total. The van der Waals surface area contributed by atoms with Crippen molar-refractivity contribution >= 4 is 16.7 Å². The molecule has 0 spiro atoms. The number of hydrogen-bond acceptors (Lipinski definition) is 4. The number of carboxylic acids is 1. The molecule has 110 valence electrons. The average Bonchev–Trinajstić information content (AvgIpc) is 3.00. The van der Waals surface area contributed by atoms with Crippen LogP contribution in [0.1, 0.15) is 23.3 Å². The lowest BCUT2D eigenvalue weighted by molar-refractivity contribution is 0.0689. The molecule has 0 atom stereocenters. The normalized spacial score (nSPS) is 15.6. The topological polar surface area (TPSA) is 75.4 Å². The average molecular weight is 287 g/mol. The Morgan fingerprint density at radius 1 is 1.14 bits per heavy atom. The van der Waals surface area contributed by atoms with Crippen molar-refractivity contribution in [3.8, 4) is 0 Å². The van der Waals surface area contributed by atoms with Crippen molar-refractivity contribution in [3.63, 3.8) is 0 Å². The Balaban J connectivity index is 1.99. The van der Waals surface area contributed by atoms with Gasteiger partial charge in [0.25, 0.3) is 5.56 Å². The molecule has 1 aliphatic heterocycles. The van der Waals surface area contributed by atoms with Crippen LogP contribution in [-0.2, 0) is 6.54 Å². The van der Waals surface area contributed by atoms with E-state index in [-0.39, 0.29) is 11.3 Å². The summed E-state index contributed by atoms with van der Waals surface area (Å²) in [5.74, 6) is -1.11. The Labute approximate surface area is 121 Å². The van der Waals surface area contributed by atoms with Crippen LogP contribution in [0.4, 0.5) is 0 Å². The molecule has 1 saturated heterocycles. The van der Waals surface area contributed by atoms with Crippen LogP contribution >= 0.6 is 0 Å². The van der Waals surface area contributed by atoms with Gasteiger partial charge in [-0.2, -0.15) is 5.10 Å². The van der Waals surface area contributed by atoms with Gasteiger partial charge in [0.15, 0.2) is 5.69 Å². The maximum absolute atomic E-state index is 12.4. The second-order valence-electron chi connectivity index (χ2n) is 5.28. The van der Waals surface area contributed by atoms with E-state index in [4.69, 9.17) is 0 Å². The first-order chi connectivity index (χ1) is 10.2. The van der Waals surface area contributed by atoms with E-state index < -0.39 is 5.97 Å². The zero-order chi connectivity index (χ0) is 14.8. The van der Waals surface area contributed by atoms with Crippen molar-refractivity contribution < 1.29 is 9.90 Å². The molecule has 1 N–H and O–H groups in total. The van der Waals surface area contributed by atoms with Crippen LogP contribution in [0.15, 0.2) is 29.1 Å². The maximum Gasteiger partial charge on any atom is 0.357 e. The van der Waals surface area contributed by atoms with Gasteiger partial charge in [0.2, 0.25) is 0 Å². The molecule has 0 aliphatic carbocycles. The number of hydrogen-bond donors (Lipinski definition) is 1. The fraction of sp³-hybridized carbons (Fsp3) is 0.400. The number of fused-ring (bicyclic) bond motifs is 1. The summed E-state index contributed by atoms with van der Waals surface area (Å²) in [6.45, 7) is 3.22. The second-order valence-corrected chi connectivity index (χ2v) is 5.28. The summed E-state index contributed by atoms with van der Waals surface area (Å²) < 4.78 is 1.28. The fourth-order valence-electron chi connectivity index (χ4n) is 2.79. The zero-order valence-corrected chi connectivity index (χ0v) is 11.7. The molecule has 1 aromatic carbocycles. The van der Waals surface area contributed by atoms with Gasteiger partial charge >= 0.3 is 5.97 Å². The summed E-state index contributed by atoms with van der Waals surface area (Å²) in [6, 6.07) is 6.72. The van der Waals surface area contributed by atoms with Gasteiger partial charge in [0.1, 0.15) is 0 Å². The van der Waals surface area contributed by atoms with E-state index in [0.29, 0.717) is 17.3 Å². The van der Waals surface area contributed by atoms with Crippen molar-refractivity contribution in [1.29, 1.82) is 0 Å². The minimum atomic E-state index is -1.11. The highest BCUT2D eigenvalue weighted by atomic mass is 16.4. The Hall–Kier alpha value is -2.21. The van der Waals surface area contributed by atoms with Crippen molar-refractivity contribution in [2.45, 2.75) is 19.4 Å². The summed E-state index contributed by atoms with van der Waals surface area (Å²) >= 11 is 0. The van der Waals surface area contributed by atoms with Crippen LogP contribution in [0, 0.1) is 0 Å². The first-order valence-corrected chi connectivity index (χ1v) is 7.12. The highest BCUT2D eigenvalue weighted by molar-refractivity contribution is 6.01. The lowest BCUT2D eigenvalue weighted by Gasteiger charge is -2.15. The van der Waals surface area contributed by atoms with Gasteiger partial charge < -0.3 is 10.0 Å². The SMILES string of the molecule is O=C(O)c1nn(CCN2CCCC2)c(=O)c2ccccc12. The molecule has 0 saturated carbocycles. The molecule has 6 heteroatoms. The van der Waals surface area contributed by atoms with Gasteiger partial charge in [-0.25, -0.2) is 9.48 Å². The molecule has 1 aromatic heterocycles. The van der Waals surface area contributed by atoms with Crippen LogP contribution in [-0.4, -0.2) is 45.4 Å². The van der Waals surface area contributed by atoms with Crippen LogP contribution in [0.3, 0.4) is 0 Å². The van der Waals surface area contributed by atoms with Gasteiger partial charge in [-0.1, -0.05) is 18.2 Å². The second kappa shape index (κ2) is 5.65.